The van der Waals surface area contributed by atoms with Gasteiger partial charge in [0.05, 0.1) is 0 Å². The average Bonchev–Trinajstić information content (AvgIpc) is 2.18. The van der Waals surface area contributed by atoms with Crippen molar-refractivity contribution in [3.8, 4) is 0 Å². The van der Waals surface area contributed by atoms with Crippen LogP contribution < -0.4 is 0 Å². The number of carbonyl (C=O) groups is 1. The smallest absolute Gasteiger partial charge is 0.162 e. The zero-order valence-corrected chi connectivity index (χ0v) is 8.34. The molecule has 0 aliphatic rings. The minimum atomic E-state index is 0.234. The van der Waals surface area contributed by atoms with E-state index < -0.39 is 0 Å². The predicted octanol–water partition coefficient (Wildman–Crippen LogP) is 3.23. The first-order valence-electron chi connectivity index (χ1n) is 4.90. The summed E-state index contributed by atoms with van der Waals surface area (Å²) in [6, 6.07) is 7.95. The van der Waals surface area contributed by atoms with Gasteiger partial charge in [0.1, 0.15) is 0 Å². The van der Waals surface area contributed by atoms with E-state index in [0.717, 1.165) is 18.4 Å². The first-order valence-corrected chi connectivity index (χ1v) is 4.90. The van der Waals surface area contributed by atoms with Gasteiger partial charge in [0.15, 0.2) is 5.78 Å². The van der Waals surface area contributed by atoms with Crippen molar-refractivity contribution in [2.45, 2.75) is 33.1 Å². The van der Waals surface area contributed by atoms with E-state index in [1.807, 2.05) is 25.1 Å². The lowest BCUT2D eigenvalue weighted by Crippen LogP contribution is -1.97. The van der Waals surface area contributed by atoms with Gasteiger partial charge in [-0.25, -0.2) is 0 Å². The fourth-order valence-corrected chi connectivity index (χ4v) is 1.39. The summed E-state index contributed by atoms with van der Waals surface area (Å²) in [5.41, 5.74) is 2.12. The molecule has 0 aromatic heterocycles. The van der Waals surface area contributed by atoms with Gasteiger partial charge in [-0.15, -0.1) is 0 Å². The molecule has 0 amide bonds. The van der Waals surface area contributed by atoms with Gasteiger partial charge in [0, 0.05) is 12.0 Å². The van der Waals surface area contributed by atoms with E-state index in [1.165, 1.54) is 5.56 Å². The Hall–Kier alpha value is -1.11. The number of aryl methyl sites for hydroxylation is 1. The highest BCUT2D eigenvalue weighted by atomic mass is 16.1. The molecular weight excluding hydrogens is 160 g/mol. The molecule has 1 rings (SSSR count). The Bertz CT molecular complexity index is 289. The lowest BCUT2D eigenvalue weighted by Gasteiger charge is -2.01. The molecule has 0 aliphatic heterocycles. The molecule has 1 aromatic rings. The van der Waals surface area contributed by atoms with Gasteiger partial charge < -0.3 is 0 Å². The molecule has 1 aromatic carbocycles. The molecule has 0 saturated heterocycles. The summed E-state index contributed by atoms with van der Waals surface area (Å²) in [6.07, 6.45) is 2.78. The summed E-state index contributed by atoms with van der Waals surface area (Å²) in [5, 5.41) is 0. The van der Waals surface area contributed by atoms with Crippen molar-refractivity contribution < 1.29 is 4.79 Å². The number of rotatable bonds is 4. The van der Waals surface area contributed by atoms with E-state index in [4.69, 9.17) is 0 Å². The topological polar surface area (TPSA) is 17.1 Å². The van der Waals surface area contributed by atoms with Gasteiger partial charge >= 0.3 is 0 Å². The zero-order chi connectivity index (χ0) is 9.68. The van der Waals surface area contributed by atoms with E-state index in [2.05, 4.69) is 13.0 Å². The molecule has 0 atom stereocenters. The third-order valence-corrected chi connectivity index (χ3v) is 2.11. The highest BCUT2D eigenvalue weighted by molar-refractivity contribution is 5.95. The number of carbonyl (C=O) groups excluding carboxylic acids is 1. The molecule has 0 saturated carbocycles. The summed E-state index contributed by atoms with van der Waals surface area (Å²) in [6.45, 7) is 4.04. The van der Waals surface area contributed by atoms with Crippen LogP contribution in [0.5, 0.6) is 0 Å². The molecule has 1 nitrogen and oxygen atoms in total. The summed E-state index contributed by atoms with van der Waals surface area (Å²) in [7, 11) is 0. The monoisotopic (exact) mass is 176 g/mol. The minimum absolute atomic E-state index is 0.234. The maximum atomic E-state index is 11.4. The first kappa shape index (κ1) is 9.97. The normalized spacial score (nSPS) is 10.0. The molecule has 1 heteroatoms. The Kier molecular flexibility index (Phi) is 3.69. The number of hydrogen-bond donors (Lipinski definition) is 0. The molecular formula is C12H16O. The van der Waals surface area contributed by atoms with Gasteiger partial charge in [-0.05, 0) is 18.1 Å². The van der Waals surface area contributed by atoms with E-state index >= 15 is 0 Å². The maximum Gasteiger partial charge on any atom is 0.162 e. The standard InChI is InChI=1S/C12H16O/c1-3-6-10-7-5-8-11(9-10)12(13)4-2/h5,7-9H,3-4,6H2,1-2H3. The predicted molar refractivity (Wildman–Crippen MR) is 55.1 cm³/mol. The quantitative estimate of drug-likeness (QED) is 0.644. The first-order chi connectivity index (χ1) is 6.27. The van der Waals surface area contributed by atoms with Crippen molar-refractivity contribution in [3.05, 3.63) is 35.4 Å². The number of ketones is 1. The van der Waals surface area contributed by atoms with Gasteiger partial charge in [0.25, 0.3) is 0 Å². The lowest BCUT2D eigenvalue weighted by molar-refractivity contribution is 0.0988. The fourth-order valence-electron chi connectivity index (χ4n) is 1.39. The van der Waals surface area contributed by atoms with Crippen LogP contribution in [0, 0.1) is 0 Å². The maximum absolute atomic E-state index is 11.4. The molecule has 70 valence electrons. The Morgan fingerprint density at radius 2 is 2.08 bits per heavy atom. The van der Waals surface area contributed by atoms with E-state index in [1.54, 1.807) is 0 Å². The van der Waals surface area contributed by atoms with Crippen LogP contribution in [-0.2, 0) is 6.42 Å². The third-order valence-electron chi connectivity index (χ3n) is 2.11. The Morgan fingerprint density at radius 1 is 1.31 bits per heavy atom. The molecule has 0 bridgehead atoms. The van der Waals surface area contributed by atoms with Crippen molar-refractivity contribution in [3.63, 3.8) is 0 Å². The molecule has 0 N–H and O–H groups in total. The molecule has 0 fully saturated rings. The van der Waals surface area contributed by atoms with Gasteiger partial charge in [0.2, 0.25) is 0 Å². The molecule has 0 spiro atoms. The molecule has 0 radical (unpaired) electrons. The van der Waals surface area contributed by atoms with E-state index in [0.29, 0.717) is 6.42 Å². The van der Waals surface area contributed by atoms with E-state index in [9.17, 15) is 4.79 Å². The SMILES string of the molecule is CCCc1cccc(C(=O)CC)c1. The van der Waals surface area contributed by atoms with Gasteiger partial charge in [-0.2, -0.15) is 0 Å². The van der Waals surface area contributed by atoms with Crippen molar-refractivity contribution in [1.82, 2.24) is 0 Å². The molecule has 0 aliphatic carbocycles. The van der Waals surface area contributed by atoms with E-state index in [-0.39, 0.29) is 5.78 Å². The fraction of sp³-hybridized carbons (Fsp3) is 0.417. The van der Waals surface area contributed by atoms with Crippen molar-refractivity contribution in [2.75, 3.05) is 0 Å². The average molecular weight is 176 g/mol. The second-order valence-corrected chi connectivity index (χ2v) is 3.23. The van der Waals surface area contributed by atoms with Crippen LogP contribution in [0.3, 0.4) is 0 Å². The summed E-state index contributed by atoms with van der Waals surface area (Å²) >= 11 is 0. The van der Waals surface area contributed by atoms with Crippen molar-refractivity contribution >= 4 is 5.78 Å². The Balaban J connectivity index is 2.85. The Morgan fingerprint density at radius 3 is 2.69 bits per heavy atom. The van der Waals surface area contributed by atoms with Gasteiger partial charge in [-0.1, -0.05) is 38.5 Å². The van der Waals surface area contributed by atoms with Crippen LogP contribution in [0.25, 0.3) is 0 Å². The van der Waals surface area contributed by atoms with Crippen LogP contribution in [0.15, 0.2) is 24.3 Å². The van der Waals surface area contributed by atoms with Crippen LogP contribution >= 0.6 is 0 Å². The summed E-state index contributed by atoms with van der Waals surface area (Å²) in [4.78, 5) is 11.4. The largest absolute Gasteiger partial charge is 0.294 e. The lowest BCUT2D eigenvalue weighted by atomic mass is 10.0. The number of benzene rings is 1. The van der Waals surface area contributed by atoms with Crippen LogP contribution in [-0.4, -0.2) is 5.78 Å². The molecule has 13 heavy (non-hydrogen) atoms. The van der Waals surface area contributed by atoms with Crippen LogP contribution in [0.2, 0.25) is 0 Å². The van der Waals surface area contributed by atoms with Crippen LogP contribution in [0.4, 0.5) is 0 Å². The van der Waals surface area contributed by atoms with Gasteiger partial charge in [-0.3, -0.25) is 4.79 Å². The van der Waals surface area contributed by atoms with Crippen molar-refractivity contribution in [2.24, 2.45) is 0 Å². The number of hydrogen-bond acceptors (Lipinski definition) is 1. The number of Topliss-reactive ketones (excluding diaryl/α,β-unsaturated/α-hetero) is 1. The third kappa shape index (κ3) is 2.69. The highest BCUT2D eigenvalue weighted by Gasteiger charge is 2.02. The second kappa shape index (κ2) is 4.80. The van der Waals surface area contributed by atoms with Crippen LogP contribution in [0.1, 0.15) is 42.6 Å². The highest BCUT2D eigenvalue weighted by Crippen LogP contribution is 2.09. The summed E-state index contributed by atoms with van der Waals surface area (Å²) in [5.74, 6) is 0.234. The summed E-state index contributed by atoms with van der Waals surface area (Å²) < 4.78 is 0. The molecule has 0 unspecified atom stereocenters. The van der Waals surface area contributed by atoms with Crippen molar-refractivity contribution in [1.29, 1.82) is 0 Å². The Labute approximate surface area is 79.8 Å². The second-order valence-electron chi connectivity index (χ2n) is 3.23. The minimum Gasteiger partial charge on any atom is -0.294 e. The zero-order valence-electron chi connectivity index (χ0n) is 8.34. The molecule has 0 heterocycles.